The number of hydrogen-bond acceptors (Lipinski definition) is 6. The van der Waals surface area contributed by atoms with E-state index in [9.17, 15) is 9.59 Å². The molecule has 7 heteroatoms. The van der Waals surface area contributed by atoms with Crippen LogP contribution in [-0.2, 0) is 9.59 Å². The van der Waals surface area contributed by atoms with Gasteiger partial charge >= 0.3 is 0 Å². The number of carbonyl (C=O) groups excluding carboxylic acids is 2. The van der Waals surface area contributed by atoms with Crippen LogP contribution >= 0.6 is 0 Å². The van der Waals surface area contributed by atoms with Gasteiger partial charge in [0.25, 0.3) is 11.8 Å². The van der Waals surface area contributed by atoms with Gasteiger partial charge in [-0.15, -0.1) is 6.58 Å². The summed E-state index contributed by atoms with van der Waals surface area (Å²) in [6.07, 6.45) is 1.55. The molecular formula is C26H30N4O3. The van der Waals surface area contributed by atoms with E-state index in [-0.39, 0.29) is 24.1 Å². The van der Waals surface area contributed by atoms with Crippen LogP contribution in [0, 0.1) is 0 Å². The Morgan fingerprint density at radius 2 is 1.64 bits per heavy atom. The third-order valence-corrected chi connectivity index (χ3v) is 6.18. The molecule has 0 spiro atoms. The Hall–Kier alpha value is -3.58. The maximum Gasteiger partial charge on any atom is 0.278 e. The van der Waals surface area contributed by atoms with Crippen LogP contribution in [0.15, 0.2) is 66.9 Å². The minimum absolute atomic E-state index is 0.158. The number of piperazine rings is 1. The fraction of sp³-hybridized carbons (Fsp3) is 0.308. The number of likely N-dealkylation sites (N-methyl/N-ethyl adjacent to an activating group) is 1. The lowest BCUT2D eigenvalue weighted by Crippen LogP contribution is -2.46. The molecule has 0 bridgehead atoms. The maximum absolute atomic E-state index is 13.1. The van der Waals surface area contributed by atoms with Gasteiger partial charge in [-0.25, -0.2) is 0 Å². The van der Waals surface area contributed by atoms with E-state index in [1.165, 1.54) is 4.90 Å². The van der Waals surface area contributed by atoms with E-state index in [1.54, 1.807) is 37.5 Å². The summed E-state index contributed by atoms with van der Waals surface area (Å²) in [6, 6.07) is 15.2. The van der Waals surface area contributed by atoms with Crippen molar-refractivity contribution in [3.63, 3.8) is 0 Å². The number of imide groups is 1. The Bertz CT molecular complexity index is 1050. The molecule has 2 aliphatic rings. The average Bonchev–Trinajstić information content (AvgIpc) is 3.09. The van der Waals surface area contributed by atoms with Crippen LogP contribution in [0.1, 0.15) is 12.5 Å². The Morgan fingerprint density at radius 1 is 0.970 bits per heavy atom. The quantitative estimate of drug-likeness (QED) is 0.496. The van der Waals surface area contributed by atoms with Crippen molar-refractivity contribution in [2.45, 2.75) is 6.92 Å². The van der Waals surface area contributed by atoms with Crippen LogP contribution in [0.2, 0.25) is 0 Å². The van der Waals surface area contributed by atoms with Gasteiger partial charge < -0.3 is 19.9 Å². The van der Waals surface area contributed by atoms with Gasteiger partial charge in [0.1, 0.15) is 11.4 Å². The van der Waals surface area contributed by atoms with Crippen LogP contribution in [-0.4, -0.2) is 68.0 Å². The molecule has 0 aliphatic carbocycles. The van der Waals surface area contributed by atoms with Crippen molar-refractivity contribution in [1.82, 2.24) is 9.80 Å². The zero-order valence-electron chi connectivity index (χ0n) is 19.2. The number of ether oxygens (including phenoxy) is 1. The summed E-state index contributed by atoms with van der Waals surface area (Å²) in [5.74, 6) is -0.00703. The summed E-state index contributed by atoms with van der Waals surface area (Å²) in [4.78, 5) is 32.2. The minimum Gasteiger partial charge on any atom is -0.497 e. The van der Waals surface area contributed by atoms with Crippen molar-refractivity contribution in [1.29, 1.82) is 0 Å². The second-order valence-corrected chi connectivity index (χ2v) is 8.08. The molecule has 7 nitrogen and oxygen atoms in total. The van der Waals surface area contributed by atoms with E-state index < -0.39 is 0 Å². The Morgan fingerprint density at radius 3 is 2.21 bits per heavy atom. The van der Waals surface area contributed by atoms with Gasteiger partial charge in [0.2, 0.25) is 0 Å². The molecule has 0 unspecified atom stereocenters. The third-order valence-electron chi connectivity index (χ3n) is 6.18. The van der Waals surface area contributed by atoms with Gasteiger partial charge in [-0.1, -0.05) is 25.1 Å². The van der Waals surface area contributed by atoms with Crippen molar-refractivity contribution in [3.8, 4) is 5.75 Å². The highest BCUT2D eigenvalue weighted by molar-refractivity contribution is 6.36. The normalized spacial score (nSPS) is 17.0. The summed E-state index contributed by atoms with van der Waals surface area (Å²) in [6.45, 7) is 11.2. The van der Waals surface area contributed by atoms with Crippen molar-refractivity contribution >= 4 is 28.8 Å². The molecule has 2 aromatic rings. The lowest BCUT2D eigenvalue weighted by molar-refractivity contribution is -0.136. The third kappa shape index (κ3) is 4.64. The number of benzene rings is 2. The molecule has 1 N–H and O–H groups in total. The predicted molar refractivity (Wildman–Crippen MR) is 131 cm³/mol. The van der Waals surface area contributed by atoms with Gasteiger partial charge in [0, 0.05) is 44.1 Å². The van der Waals surface area contributed by atoms with E-state index in [0.717, 1.165) is 44.1 Å². The highest BCUT2D eigenvalue weighted by atomic mass is 16.5. The van der Waals surface area contributed by atoms with Crippen LogP contribution < -0.4 is 15.0 Å². The van der Waals surface area contributed by atoms with E-state index >= 15 is 0 Å². The van der Waals surface area contributed by atoms with Gasteiger partial charge in [0.05, 0.1) is 12.7 Å². The zero-order chi connectivity index (χ0) is 23.4. The monoisotopic (exact) mass is 446 g/mol. The average molecular weight is 447 g/mol. The number of hydrogen-bond donors (Lipinski definition) is 1. The minimum atomic E-state index is -0.356. The first kappa shape index (κ1) is 22.6. The molecule has 0 aromatic heterocycles. The smallest absolute Gasteiger partial charge is 0.278 e. The first-order valence-electron chi connectivity index (χ1n) is 11.3. The highest BCUT2D eigenvalue weighted by Crippen LogP contribution is 2.32. The molecule has 2 heterocycles. The number of rotatable bonds is 8. The fourth-order valence-corrected chi connectivity index (χ4v) is 4.23. The Kier molecular flexibility index (Phi) is 6.79. The number of carbonyl (C=O) groups is 2. The van der Waals surface area contributed by atoms with Gasteiger partial charge in [-0.05, 0) is 48.5 Å². The molecule has 0 saturated carbocycles. The molecule has 2 amide bonds. The summed E-state index contributed by atoms with van der Waals surface area (Å²) >= 11 is 0. The summed E-state index contributed by atoms with van der Waals surface area (Å²) < 4.78 is 5.22. The number of nitrogens with zero attached hydrogens (tertiary/aromatic N) is 3. The number of methoxy groups -OCH3 is 1. The number of nitrogens with one attached hydrogen (secondary N) is 1. The van der Waals surface area contributed by atoms with E-state index in [0.29, 0.717) is 16.9 Å². The van der Waals surface area contributed by atoms with Crippen LogP contribution in [0.3, 0.4) is 0 Å². The highest BCUT2D eigenvalue weighted by Gasteiger charge is 2.38. The molecular weight excluding hydrogens is 416 g/mol. The molecule has 2 aliphatic heterocycles. The zero-order valence-corrected chi connectivity index (χ0v) is 19.2. The topological polar surface area (TPSA) is 65.1 Å². The molecule has 4 rings (SSSR count). The Labute approximate surface area is 194 Å². The second-order valence-electron chi connectivity index (χ2n) is 8.08. The molecule has 33 heavy (non-hydrogen) atoms. The summed E-state index contributed by atoms with van der Waals surface area (Å²) in [5, 5.41) is 3.21. The standard InChI is InChI=1S/C26H30N4O3/c1-4-14-30-25(31)23(19-6-12-22(33-3)13-7-19)24(26(30)32)27-20-8-10-21(11-9-20)29-17-15-28(5-2)16-18-29/h4,6-13,27H,1,5,14-18H2,2-3H3. The van der Waals surface area contributed by atoms with Crippen molar-refractivity contribution in [3.05, 3.63) is 72.4 Å². The van der Waals surface area contributed by atoms with Crippen LogP contribution in [0.4, 0.5) is 11.4 Å². The molecule has 1 fully saturated rings. The number of amides is 2. The fourth-order valence-electron chi connectivity index (χ4n) is 4.23. The maximum atomic E-state index is 13.1. The lowest BCUT2D eigenvalue weighted by atomic mass is 10.0. The van der Waals surface area contributed by atoms with Crippen LogP contribution in [0.25, 0.3) is 5.57 Å². The SMILES string of the molecule is C=CCN1C(=O)C(Nc2ccc(N3CCN(CC)CC3)cc2)=C(c2ccc(OC)cc2)C1=O. The summed E-state index contributed by atoms with van der Waals surface area (Å²) in [7, 11) is 1.59. The number of anilines is 2. The largest absolute Gasteiger partial charge is 0.497 e. The van der Waals surface area contributed by atoms with Crippen molar-refractivity contribution < 1.29 is 14.3 Å². The Balaban J connectivity index is 1.59. The molecule has 0 atom stereocenters. The van der Waals surface area contributed by atoms with Crippen molar-refractivity contribution in [2.24, 2.45) is 0 Å². The second kappa shape index (κ2) is 9.92. The van der Waals surface area contributed by atoms with Gasteiger partial charge in [-0.2, -0.15) is 0 Å². The first-order valence-corrected chi connectivity index (χ1v) is 11.3. The van der Waals surface area contributed by atoms with E-state index in [1.807, 2.05) is 12.1 Å². The van der Waals surface area contributed by atoms with E-state index in [2.05, 4.69) is 40.8 Å². The van der Waals surface area contributed by atoms with Crippen LogP contribution in [0.5, 0.6) is 5.75 Å². The molecule has 172 valence electrons. The molecule has 1 saturated heterocycles. The first-order chi connectivity index (χ1) is 16.0. The lowest BCUT2D eigenvalue weighted by Gasteiger charge is -2.35. The van der Waals surface area contributed by atoms with Gasteiger partial charge in [-0.3, -0.25) is 14.5 Å². The predicted octanol–water partition coefficient (Wildman–Crippen LogP) is 3.22. The molecule has 2 aromatic carbocycles. The van der Waals surface area contributed by atoms with Gasteiger partial charge in [0.15, 0.2) is 0 Å². The summed E-state index contributed by atoms with van der Waals surface area (Å²) in [5.41, 5.74) is 3.20. The van der Waals surface area contributed by atoms with E-state index in [4.69, 9.17) is 4.74 Å². The van der Waals surface area contributed by atoms with Crippen molar-refractivity contribution in [2.75, 3.05) is 56.6 Å². The molecule has 0 radical (unpaired) electrons.